The van der Waals surface area contributed by atoms with E-state index in [0.717, 1.165) is 13.3 Å². The fourth-order valence-corrected chi connectivity index (χ4v) is 2.87. The van der Waals surface area contributed by atoms with Crippen molar-refractivity contribution >= 4 is 5.69 Å². The molecule has 1 aromatic carbocycles. The van der Waals surface area contributed by atoms with Gasteiger partial charge < -0.3 is 9.64 Å². The Morgan fingerprint density at radius 3 is 2.43 bits per heavy atom. The van der Waals surface area contributed by atoms with E-state index in [-0.39, 0.29) is 5.41 Å². The minimum Gasteiger partial charge on any atom is -0.356 e. The van der Waals surface area contributed by atoms with Crippen LogP contribution in [-0.2, 0) is 10.2 Å². The van der Waals surface area contributed by atoms with Crippen LogP contribution in [0.2, 0.25) is 0 Å². The van der Waals surface area contributed by atoms with Crippen molar-refractivity contribution in [1.29, 1.82) is 0 Å². The van der Waals surface area contributed by atoms with Gasteiger partial charge in [-0.1, -0.05) is 65.5 Å². The summed E-state index contributed by atoms with van der Waals surface area (Å²) >= 11 is 0. The van der Waals surface area contributed by atoms with Crippen LogP contribution in [0.1, 0.15) is 65.4 Å². The molecule has 1 aliphatic heterocycles. The van der Waals surface area contributed by atoms with Crippen LogP contribution in [0.25, 0.3) is 0 Å². The molecule has 2 rings (SSSR count). The normalized spacial score (nSPS) is 19.2. The third-order valence-electron chi connectivity index (χ3n) is 4.37. The summed E-state index contributed by atoms with van der Waals surface area (Å²) in [4.78, 5) is 2.36. The van der Waals surface area contributed by atoms with E-state index in [9.17, 15) is 0 Å². The van der Waals surface area contributed by atoms with Crippen LogP contribution in [0.5, 0.6) is 0 Å². The summed E-state index contributed by atoms with van der Waals surface area (Å²) in [6.45, 7) is 10.8. The first kappa shape index (κ1) is 16.4. The largest absolute Gasteiger partial charge is 0.356 e. The van der Waals surface area contributed by atoms with Gasteiger partial charge in [-0.25, -0.2) is 0 Å². The summed E-state index contributed by atoms with van der Waals surface area (Å²) in [7, 11) is 0. The maximum absolute atomic E-state index is 5.92. The van der Waals surface area contributed by atoms with Gasteiger partial charge in [0.15, 0.2) is 0 Å². The lowest BCUT2D eigenvalue weighted by molar-refractivity contribution is 0.107. The zero-order valence-corrected chi connectivity index (χ0v) is 14.2. The lowest BCUT2D eigenvalue weighted by Crippen LogP contribution is -2.21. The molecule has 0 spiro atoms. The number of hydrogen-bond acceptors (Lipinski definition) is 2. The van der Waals surface area contributed by atoms with E-state index in [0.29, 0.717) is 6.10 Å². The van der Waals surface area contributed by atoms with Gasteiger partial charge in [0, 0.05) is 12.2 Å². The van der Waals surface area contributed by atoms with Gasteiger partial charge in [0.1, 0.15) is 6.73 Å². The van der Waals surface area contributed by atoms with Crippen LogP contribution in [0.4, 0.5) is 5.69 Å². The van der Waals surface area contributed by atoms with Gasteiger partial charge in [0.25, 0.3) is 0 Å². The molecule has 0 amide bonds. The summed E-state index contributed by atoms with van der Waals surface area (Å²) < 4.78 is 5.92. The minimum atomic E-state index is 0.224. The molecule has 118 valence electrons. The molecule has 21 heavy (non-hydrogen) atoms. The zero-order chi connectivity index (χ0) is 15.3. The summed E-state index contributed by atoms with van der Waals surface area (Å²) in [5.74, 6) is 0. The molecular weight excluding hydrogens is 258 g/mol. The van der Waals surface area contributed by atoms with Gasteiger partial charge in [-0.05, 0) is 29.5 Å². The van der Waals surface area contributed by atoms with Gasteiger partial charge in [0.2, 0.25) is 0 Å². The number of unbranched alkanes of at least 4 members (excludes halogenated alkanes) is 3. The lowest BCUT2D eigenvalue weighted by atomic mass is 9.87. The first-order chi connectivity index (χ1) is 10.0. The second-order valence-electron chi connectivity index (χ2n) is 7.29. The summed E-state index contributed by atoms with van der Waals surface area (Å²) in [6.07, 6.45) is 6.93. The van der Waals surface area contributed by atoms with Gasteiger partial charge in [0.05, 0.1) is 6.10 Å². The Hall–Kier alpha value is -1.02. The third-order valence-corrected chi connectivity index (χ3v) is 4.37. The molecule has 2 heteroatoms. The van der Waals surface area contributed by atoms with Crippen molar-refractivity contribution in [2.24, 2.45) is 0 Å². The standard InChI is InChI=1S/C19H31NO/c1-5-6-7-8-9-18-14-20(15-21-18)17-12-10-16(11-13-17)19(2,3)4/h10-13,18H,5-9,14-15H2,1-4H3. The van der Waals surface area contributed by atoms with E-state index < -0.39 is 0 Å². The second kappa shape index (κ2) is 7.31. The van der Waals surface area contributed by atoms with Crippen LogP contribution in [-0.4, -0.2) is 19.4 Å². The van der Waals surface area contributed by atoms with Gasteiger partial charge in [-0.15, -0.1) is 0 Å². The highest BCUT2D eigenvalue weighted by molar-refractivity contribution is 5.49. The Bertz CT molecular complexity index is 418. The number of hydrogen-bond donors (Lipinski definition) is 0. The average molecular weight is 289 g/mol. The monoisotopic (exact) mass is 289 g/mol. The maximum atomic E-state index is 5.92. The molecule has 0 radical (unpaired) electrons. The molecule has 0 aliphatic carbocycles. The van der Waals surface area contributed by atoms with Crippen molar-refractivity contribution in [2.45, 2.75) is 71.3 Å². The Labute approximate surface area is 130 Å². The molecule has 1 saturated heterocycles. The SMILES string of the molecule is CCCCCCC1CN(c2ccc(C(C)(C)C)cc2)CO1. The van der Waals surface area contributed by atoms with E-state index in [1.807, 2.05) is 0 Å². The Kier molecular flexibility index (Phi) is 5.69. The number of benzene rings is 1. The van der Waals surface area contributed by atoms with E-state index in [2.05, 4.69) is 56.9 Å². The fraction of sp³-hybridized carbons (Fsp3) is 0.684. The predicted molar refractivity (Wildman–Crippen MR) is 91.0 cm³/mol. The molecule has 1 aromatic rings. The van der Waals surface area contributed by atoms with Crippen LogP contribution in [0.15, 0.2) is 24.3 Å². The first-order valence-electron chi connectivity index (χ1n) is 8.48. The number of nitrogens with zero attached hydrogens (tertiary/aromatic N) is 1. The Morgan fingerprint density at radius 2 is 1.81 bits per heavy atom. The molecule has 1 unspecified atom stereocenters. The van der Waals surface area contributed by atoms with Gasteiger partial charge >= 0.3 is 0 Å². The molecule has 1 heterocycles. The first-order valence-corrected chi connectivity index (χ1v) is 8.48. The predicted octanol–water partition coefficient (Wildman–Crippen LogP) is 5.12. The molecule has 0 saturated carbocycles. The van der Waals surface area contributed by atoms with Crippen LogP contribution >= 0.6 is 0 Å². The smallest absolute Gasteiger partial charge is 0.119 e. The number of rotatable bonds is 6. The van der Waals surface area contributed by atoms with Crippen LogP contribution < -0.4 is 4.90 Å². The fourth-order valence-electron chi connectivity index (χ4n) is 2.87. The highest BCUT2D eigenvalue weighted by Crippen LogP contribution is 2.27. The van der Waals surface area contributed by atoms with Gasteiger partial charge in [-0.3, -0.25) is 0 Å². The maximum Gasteiger partial charge on any atom is 0.119 e. The average Bonchev–Trinajstić information content (AvgIpc) is 2.92. The summed E-state index contributed by atoms with van der Waals surface area (Å²) in [6, 6.07) is 8.99. The second-order valence-corrected chi connectivity index (χ2v) is 7.29. The molecule has 1 atom stereocenters. The lowest BCUT2D eigenvalue weighted by Gasteiger charge is -2.21. The van der Waals surface area contributed by atoms with E-state index in [1.165, 1.54) is 43.4 Å². The topological polar surface area (TPSA) is 12.5 Å². The van der Waals surface area contributed by atoms with Crippen molar-refractivity contribution in [3.63, 3.8) is 0 Å². The molecule has 1 fully saturated rings. The van der Waals surface area contributed by atoms with Crippen molar-refractivity contribution in [2.75, 3.05) is 18.2 Å². The third kappa shape index (κ3) is 4.74. The summed E-state index contributed by atoms with van der Waals surface area (Å²) in [5, 5.41) is 0. The van der Waals surface area contributed by atoms with E-state index in [1.54, 1.807) is 0 Å². The van der Waals surface area contributed by atoms with E-state index in [4.69, 9.17) is 4.74 Å². The van der Waals surface area contributed by atoms with Gasteiger partial charge in [-0.2, -0.15) is 0 Å². The molecular formula is C19H31NO. The zero-order valence-electron chi connectivity index (χ0n) is 14.2. The highest BCUT2D eigenvalue weighted by atomic mass is 16.5. The quantitative estimate of drug-likeness (QED) is 0.674. The number of anilines is 1. The molecule has 0 aromatic heterocycles. The van der Waals surface area contributed by atoms with Crippen LogP contribution in [0, 0.1) is 0 Å². The van der Waals surface area contributed by atoms with E-state index >= 15 is 0 Å². The van der Waals surface area contributed by atoms with Crippen molar-refractivity contribution in [3.8, 4) is 0 Å². The number of ether oxygens (including phenoxy) is 1. The Balaban J connectivity index is 1.84. The highest BCUT2D eigenvalue weighted by Gasteiger charge is 2.23. The molecule has 0 bridgehead atoms. The minimum absolute atomic E-state index is 0.224. The molecule has 1 aliphatic rings. The van der Waals surface area contributed by atoms with Crippen LogP contribution in [0.3, 0.4) is 0 Å². The van der Waals surface area contributed by atoms with Crippen molar-refractivity contribution in [1.82, 2.24) is 0 Å². The van der Waals surface area contributed by atoms with Crippen molar-refractivity contribution < 1.29 is 4.74 Å². The van der Waals surface area contributed by atoms with Crippen molar-refractivity contribution in [3.05, 3.63) is 29.8 Å². The molecule has 0 N–H and O–H groups in total. The Morgan fingerprint density at radius 1 is 1.10 bits per heavy atom. The molecule has 2 nitrogen and oxygen atoms in total. The summed E-state index contributed by atoms with van der Waals surface area (Å²) in [5.41, 5.74) is 2.91.